The molecule has 0 aliphatic carbocycles. The van der Waals surface area contributed by atoms with Crippen LogP contribution in [0.5, 0.6) is 0 Å². The molecule has 1 amide bonds. The first-order chi connectivity index (χ1) is 11.6. The van der Waals surface area contributed by atoms with E-state index < -0.39 is 0 Å². The molecule has 7 heteroatoms. The van der Waals surface area contributed by atoms with Gasteiger partial charge in [0.25, 0.3) is 5.91 Å². The Balaban J connectivity index is 1.73. The van der Waals surface area contributed by atoms with E-state index in [1.54, 1.807) is 18.2 Å². The summed E-state index contributed by atoms with van der Waals surface area (Å²) < 4.78 is 13.7. The number of amides is 1. The molecule has 1 aliphatic rings. The van der Waals surface area contributed by atoms with Crippen molar-refractivity contribution in [3.05, 3.63) is 51.7 Å². The van der Waals surface area contributed by atoms with Crippen LogP contribution < -0.4 is 5.73 Å². The van der Waals surface area contributed by atoms with Crippen molar-refractivity contribution in [3.63, 3.8) is 0 Å². The number of piperazine rings is 1. The van der Waals surface area contributed by atoms with E-state index in [-0.39, 0.29) is 17.8 Å². The number of hydrogen-bond donors (Lipinski definition) is 1. The molecule has 24 heavy (non-hydrogen) atoms. The van der Waals surface area contributed by atoms with Crippen molar-refractivity contribution in [1.29, 1.82) is 0 Å². The minimum Gasteiger partial charge on any atom is -0.330 e. The molecule has 0 unspecified atom stereocenters. The van der Waals surface area contributed by atoms with Crippen molar-refractivity contribution in [2.24, 2.45) is 5.73 Å². The third-order valence-corrected chi connectivity index (χ3v) is 5.16. The quantitative estimate of drug-likeness (QED) is 0.911. The molecule has 1 fully saturated rings. The molecule has 0 radical (unpaired) electrons. The topological polar surface area (TPSA) is 62.5 Å². The van der Waals surface area contributed by atoms with Gasteiger partial charge in [-0.2, -0.15) is 0 Å². The van der Waals surface area contributed by atoms with Crippen molar-refractivity contribution in [1.82, 2.24) is 14.8 Å². The molecule has 128 valence electrons. The Labute approximate surface area is 144 Å². The van der Waals surface area contributed by atoms with E-state index in [9.17, 15) is 9.18 Å². The molecule has 0 saturated carbocycles. The Morgan fingerprint density at radius 3 is 2.96 bits per heavy atom. The Kier molecular flexibility index (Phi) is 5.23. The lowest BCUT2D eigenvalue weighted by molar-refractivity contribution is 0.0515. The summed E-state index contributed by atoms with van der Waals surface area (Å²) in [6, 6.07) is 6.64. The summed E-state index contributed by atoms with van der Waals surface area (Å²) in [7, 11) is 2.03. The van der Waals surface area contributed by atoms with Crippen molar-refractivity contribution in [3.8, 4) is 0 Å². The third kappa shape index (κ3) is 3.63. The average molecular weight is 348 g/mol. The number of nitrogens with zero attached hydrogens (tertiary/aromatic N) is 3. The van der Waals surface area contributed by atoms with Gasteiger partial charge in [0.2, 0.25) is 0 Å². The van der Waals surface area contributed by atoms with Crippen LogP contribution in [0.4, 0.5) is 4.39 Å². The van der Waals surface area contributed by atoms with Gasteiger partial charge in [-0.15, -0.1) is 11.3 Å². The zero-order chi connectivity index (χ0) is 17.1. The molecule has 1 atom stereocenters. The monoisotopic (exact) mass is 348 g/mol. The number of aromatic nitrogens is 1. The van der Waals surface area contributed by atoms with Crippen LogP contribution in [0.3, 0.4) is 0 Å². The summed E-state index contributed by atoms with van der Waals surface area (Å²) in [6.07, 6.45) is 0.388. The van der Waals surface area contributed by atoms with Crippen molar-refractivity contribution in [2.75, 3.05) is 33.2 Å². The second kappa shape index (κ2) is 7.38. The van der Waals surface area contributed by atoms with Gasteiger partial charge >= 0.3 is 0 Å². The van der Waals surface area contributed by atoms with Crippen LogP contribution in [0.2, 0.25) is 0 Å². The molecule has 2 aromatic rings. The number of hydrogen-bond acceptors (Lipinski definition) is 5. The predicted octanol–water partition coefficient (Wildman–Crippen LogP) is 1.59. The number of halogens is 1. The Bertz CT molecular complexity index is 720. The van der Waals surface area contributed by atoms with Crippen molar-refractivity contribution < 1.29 is 9.18 Å². The van der Waals surface area contributed by atoms with E-state index in [1.165, 1.54) is 17.4 Å². The normalized spacial score (nSPS) is 18.8. The summed E-state index contributed by atoms with van der Waals surface area (Å²) >= 11 is 1.31. The summed E-state index contributed by atoms with van der Waals surface area (Å²) in [6.45, 7) is 2.69. The number of nitrogens with two attached hydrogens (primary N) is 1. The number of benzene rings is 1. The van der Waals surface area contributed by atoms with Crippen molar-refractivity contribution >= 4 is 17.2 Å². The highest BCUT2D eigenvalue weighted by molar-refractivity contribution is 7.11. The zero-order valence-corrected chi connectivity index (χ0v) is 14.4. The van der Waals surface area contributed by atoms with Crippen LogP contribution in [0.1, 0.15) is 21.1 Å². The van der Waals surface area contributed by atoms with E-state index in [4.69, 9.17) is 5.73 Å². The van der Waals surface area contributed by atoms with Gasteiger partial charge in [0.05, 0.1) is 11.7 Å². The van der Waals surface area contributed by atoms with E-state index in [1.807, 2.05) is 17.3 Å². The second-order valence-corrected chi connectivity index (χ2v) is 6.92. The molecule has 3 rings (SSSR count). The molecular formula is C17H21FN4OS. The standard InChI is InChI=1S/C17H21FN4OS/c1-21-6-7-22(14(9-19)10-21)17(23)16-20-13(11-24-16)8-12-4-2-3-5-15(12)18/h2-5,11,14H,6-10,19H2,1H3/t14-/m0/s1. The fourth-order valence-corrected chi connectivity index (χ4v) is 3.70. The fraction of sp³-hybridized carbons (Fsp3) is 0.412. The maximum absolute atomic E-state index is 13.7. The largest absolute Gasteiger partial charge is 0.330 e. The summed E-state index contributed by atoms with van der Waals surface area (Å²) in [5, 5.41) is 2.28. The maximum atomic E-state index is 13.7. The van der Waals surface area contributed by atoms with Crippen LogP contribution >= 0.6 is 11.3 Å². The first-order valence-electron chi connectivity index (χ1n) is 7.96. The van der Waals surface area contributed by atoms with Gasteiger partial charge in [0.1, 0.15) is 5.82 Å². The molecule has 5 nitrogen and oxygen atoms in total. The number of likely N-dealkylation sites (N-methyl/N-ethyl adjacent to an activating group) is 1. The number of carbonyl (C=O) groups is 1. The van der Waals surface area contributed by atoms with Gasteiger partial charge in [-0.1, -0.05) is 18.2 Å². The maximum Gasteiger partial charge on any atom is 0.283 e. The minimum absolute atomic E-state index is 0.00941. The van der Waals surface area contributed by atoms with Gasteiger partial charge in [-0.3, -0.25) is 4.79 Å². The molecule has 1 aliphatic heterocycles. The van der Waals surface area contributed by atoms with Crippen molar-refractivity contribution in [2.45, 2.75) is 12.5 Å². The summed E-state index contributed by atoms with van der Waals surface area (Å²) in [4.78, 5) is 21.1. The average Bonchev–Trinajstić information content (AvgIpc) is 3.05. The first kappa shape index (κ1) is 17.0. The Hall–Kier alpha value is -1.83. The highest BCUT2D eigenvalue weighted by atomic mass is 32.1. The molecular weight excluding hydrogens is 327 g/mol. The smallest absolute Gasteiger partial charge is 0.283 e. The van der Waals surface area contributed by atoms with Crippen LogP contribution in [0, 0.1) is 5.82 Å². The summed E-state index contributed by atoms with van der Waals surface area (Å²) in [5.74, 6) is -0.330. The number of carbonyl (C=O) groups excluding carboxylic acids is 1. The van der Waals surface area contributed by atoms with E-state index >= 15 is 0 Å². The molecule has 1 aromatic carbocycles. The molecule has 1 aromatic heterocycles. The Morgan fingerprint density at radius 1 is 1.42 bits per heavy atom. The first-order valence-corrected chi connectivity index (χ1v) is 8.84. The lowest BCUT2D eigenvalue weighted by Crippen LogP contribution is -2.56. The van der Waals surface area contributed by atoms with Crippen LogP contribution in [0.25, 0.3) is 0 Å². The van der Waals surface area contributed by atoms with Gasteiger partial charge in [0.15, 0.2) is 5.01 Å². The van der Waals surface area contributed by atoms with Gasteiger partial charge in [0, 0.05) is 38.0 Å². The SMILES string of the molecule is CN1CCN(C(=O)c2nc(Cc3ccccc3F)cs2)[C@@H](CN)C1. The molecule has 0 bridgehead atoms. The minimum atomic E-state index is -0.249. The van der Waals surface area contributed by atoms with Gasteiger partial charge < -0.3 is 15.5 Å². The fourth-order valence-electron chi connectivity index (χ4n) is 2.93. The Morgan fingerprint density at radius 2 is 2.21 bits per heavy atom. The van der Waals surface area contributed by atoms with Gasteiger partial charge in [-0.25, -0.2) is 9.37 Å². The summed E-state index contributed by atoms with van der Waals surface area (Å²) in [5.41, 5.74) is 7.12. The highest BCUT2D eigenvalue weighted by Crippen LogP contribution is 2.19. The van der Waals surface area contributed by atoms with Crippen LogP contribution in [-0.4, -0.2) is 60.0 Å². The highest BCUT2D eigenvalue weighted by Gasteiger charge is 2.30. The molecule has 0 spiro atoms. The van der Waals surface area contributed by atoms with Crippen LogP contribution in [-0.2, 0) is 6.42 Å². The van der Waals surface area contributed by atoms with E-state index in [0.717, 1.165) is 13.1 Å². The number of thiazole rings is 1. The van der Waals surface area contributed by atoms with E-state index in [0.29, 0.717) is 35.8 Å². The van der Waals surface area contributed by atoms with Crippen LogP contribution in [0.15, 0.2) is 29.6 Å². The third-order valence-electron chi connectivity index (χ3n) is 4.28. The lowest BCUT2D eigenvalue weighted by atomic mass is 10.1. The number of rotatable bonds is 4. The zero-order valence-electron chi connectivity index (χ0n) is 13.6. The molecule has 1 saturated heterocycles. The second-order valence-electron chi connectivity index (χ2n) is 6.06. The van der Waals surface area contributed by atoms with Gasteiger partial charge in [-0.05, 0) is 18.7 Å². The van der Waals surface area contributed by atoms with E-state index in [2.05, 4.69) is 9.88 Å². The molecule has 2 N–H and O–H groups in total. The predicted molar refractivity (Wildman–Crippen MR) is 92.7 cm³/mol. The molecule has 2 heterocycles. The lowest BCUT2D eigenvalue weighted by Gasteiger charge is -2.39.